The van der Waals surface area contributed by atoms with Gasteiger partial charge in [-0.3, -0.25) is 14.4 Å². The van der Waals surface area contributed by atoms with Gasteiger partial charge >= 0.3 is 0 Å². The molecule has 4 rings (SSSR count). The fourth-order valence-electron chi connectivity index (χ4n) is 3.97. The molecule has 0 amide bonds. The summed E-state index contributed by atoms with van der Waals surface area (Å²) in [7, 11) is -2.03. The minimum Gasteiger partial charge on any atom is -0.322 e. The Bertz CT molecular complexity index is 1590. The first-order chi connectivity index (χ1) is 16.5. The summed E-state index contributed by atoms with van der Waals surface area (Å²) in [5.74, 6) is -1.40. The Labute approximate surface area is 205 Å². The molecule has 0 spiro atoms. The monoisotopic (exact) mass is 516 g/mol. The second-order valence-corrected chi connectivity index (χ2v) is 10.2. The summed E-state index contributed by atoms with van der Waals surface area (Å²) in [4.78, 5) is 4.38. The molecule has 35 heavy (non-hydrogen) atoms. The summed E-state index contributed by atoms with van der Waals surface area (Å²) in [6, 6.07) is 9.26. The number of nitrogens with one attached hydrogen (secondary N) is 1. The third-order valence-electron chi connectivity index (χ3n) is 5.29. The molecule has 2 aromatic carbocycles. The van der Waals surface area contributed by atoms with Crippen molar-refractivity contribution >= 4 is 38.3 Å². The Kier molecular flexibility index (Phi) is 6.46. The van der Waals surface area contributed by atoms with Crippen LogP contribution in [0, 0.1) is 23.0 Å². The van der Waals surface area contributed by atoms with Crippen molar-refractivity contribution in [2.45, 2.75) is 12.5 Å². The smallest absolute Gasteiger partial charge is 0.231 e. The van der Waals surface area contributed by atoms with Gasteiger partial charge in [-0.2, -0.15) is 10.4 Å². The molecule has 0 aliphatic carbocycles. The first-order valence-electron chi connectivity index (χ1n) is 10.2. The fraction of sp³-hybridized carbons (Fsp3) is 0.174. The first-order valence-corrected chi connectivity index (χ1v) is 12.5. The summed E-state index contributed by atoms with van der Waals surface area (Å²) in [5, 5.41) is 14.3. The van der Waals surface area contributed by atoms with Crippen LogP contribution in [-0.4, -0.2) is 29.4 Å². The normalized spacial score (nSPS) is 12.5. The van der Waals surface area contributed by atoms with Gasteiger partial charge < -0.3 is 5.73 Å². The van der Waals surface area contributed by atoms with Crippen LogP contribution in [0.4, 0.5) is 14.6 Å². The second-order valence-electron chi connectivity index (χ2n) is 8.02. The summed E-state index contributed by atoms with van der Waals surface area (Å²) in [6.07, 6.45) is 2.43. The van der Waals surface area contributed by atoms with Crippen LogP contribution in [0.1, 0.15) is 22.9 Å². The van der Waals surface area contributed by atoms with Gasteiger partial charge in [0.25, 0.3) is 0 Å². The molecular formula is C23H19ClF2N6O2S. The van der Waals surface area contributed by atoms with E-state index in [1.807, 2.05) is 6.07 Å². The minimum absolute atomic E-state index is 0.0438. The number of benzene rings is 2. The van der Waals surface area contributed by atoms with E-state index in [0.717, 1.165) is 12.3 Å². The molecule has 0 saturated heterocycles. The molecule has 4 aromatic rings. The molecule has 0 fully saturated rings. The molecule has 8 nitrogen and oxygen atoms in total. The lowest BCUT2D eigenvalue weighted by Gasteiger charge is -2.17. The van der Waals surface area contributed by atoms with E-state index >= 15 is 0 Å². The van der Waals surface area contributed by atoms with Crippen molar-refractivity contribution < 1.29 is 17.2 Å². The first kappa shape index (κ1) is 24.5. The van der Waals surface area contributed by atoms with Gasteiger partial charge in [0.15, 0.2) is 5.82 Å². The maximum absolute atomic E-state index is 13.7. The lowest BCUT2D eigenvalue weighted by molar-refractivity contribution is 0.575. The molecule has 2 heterocycles. The molecular weight excluding hydrogens is 498 g/mol. The lowest BCUT2D eigenvalue weighted by atomic mass is 9.94. The molecule has 0 radical (unpaired) electrons. The number of hydrogen-bond acceptors (Lipinski definition) is 6. The Balaban J connectivity index is 1.91. The molecule has 1 unspecified atom stereocenters. The van der Waals surface area contributed by atoms with Crippen molar-refractivity contribution in [3.63, 3.8) is 0 Å². The molecule has 12 heteroatoms. The highest BCUT2D eigenvalue weighted by Crippen LogP contribution is 2.39. The standard InChI is InChI=1S/C23H19ClF2N6O2S/c1-32-22-16(3-4-18(24)20(22)23(30-32)31-35(2,33)34)17-7-13(10-27)11-29-21(17)19(28)8-12-5-14(25)9-15(26)6-12/h3-7,9,11,19H,8,28H2,1-2H3,(H,30,31). The van der Waals surface area contributed by atoms with Crippen molar-refractivity contribution in [2.24, 2.45) is 12.8 Å². The van der Waals surface area contributed by atoms with Gasteiger partial charge in [-0.15, -0.1) is 0 Å². The fourth-order valence-corrected chi connectivity index (χ4v) is 4.71. The number of aromatic nitrogens is 3. The van der Waals surface area contributed by atoms with Gasteiger partial charge in [-0.05, 0) is 36.2 Å². The summed E-state index contributed by atoms with van der Waals surface area (Å²) in [6.45, 7) is 0. The molecule has 0 aliphatic heterocycles. The van der Waals surface area contributed by atoms with Gasteiger partial charge in [0.1, 0.15) is 17.7 Å². The van der Waals surface area contributed by atoms with Crippen LogP contribution in [-0.2, 0) is 23.5 Å². The quantitative estimate of drug-likeness (QED) is 0.398. The number of hydrogen-bond donors (Lipinski definition) is 2. The summed E-state index contributed by atoms with van der Waals surface area (Å²) in [5.41, 5.74) is 8.89. The number of anilines is 1. The average molecular weight is 517 g/mol. The molecule has 1 atom stereocenters. The van der Waals surface area contributed by atoms with Crippen LogP contribution in [0.15, 0.2) is 42.6 Å². The van der Waals surface area contributed by atoms with Crippen molar-refractivity contribution in [1.29, 1.82) is 5.26 Å². The zero-order valence-corrected chi connectivity index (χ0v) is 20.1. The molecule has 180 valence electrons. The maximum atomic E-state index is 13.7. The number of sulfonamides is 1. The van der Waals surface area contributed by atoms with Gasteiger partial charge in [0.05, 0.1) is 39.5 Å². The van der Waals surface area contributed by atoms with Crippen molar-refractivity contribution in [3.8, 4) is 17.2 Å². The number of rotatable bonds is 6. The molecule has 0 aliphatic rings. The molecule has 3 N–H and O–H groups in total. The average Bonchev–Trinajstić information content (AvgIpc) is 3.08. The highest BCUT2D eigenvalue weighted by Gasteiger charge is 2.23. The van der Waals surface area contributed by atoms with Crippen LogP contribution in [0.3, 0.4) is 0 Å². The Hall–Kier alpha value is -3.59. The van der Waals surface area contributed by atoms with Crippen LogP contribution < -0.4 is 10.5 Å². The Morgan fingerprint density at radius 1 is 1.20 bits per heavy atom. The largest absolute Gasteiger partial charge is 0.322 e. The number of halogens is 3. The molecule has 0 bridgehead atoms. The van der Waals surface area contributed by atoms with Gasteiger partial charge in [-0.1, -0.05) is 17.7 Å². The predicted octanol–water partition coefficient (Wildman–Crippen LogP) is 4.05. The highest BCUT2D eigenvalue weighted by atomic mass is 35.5. The zero-order chi connectivity index (χ0) is 25.5. The number of nitrogens with two attached hydrogens (primary N) is 1. The van der Waals surface area contributed by atoms with E-state index in [2.05, 4.69) is 14.8 Å². The van der Waals surface area contributed by atoms with E-state index in [1.165, 1.54) is 23.0 Å². The van der Waals surface area contributed by atoms with E-state index in [-0.39, 0.29) is 22.8 Å². The van der Waals surface area contributed by atoms with Crippen molar-refractivity contribution in [2.75, 3.05) is 11.0 Å². The van der Waals surface area contributed by atoms with E-state index in [4.69, 9.17) is 17.3 Å². The van der Waals surface area contributed by atoms with Crippen molar-refractivity contribution in [3.05, 3.63) is 76.1 Å². The van der Waals surface area contributed by atoms with Gasteiger partial charge in [0.2, 0.25) is 10.0 Å². The number of nitrogens with zero attached hydrogens (tertiary/aromatic N) is 4. The third kappa shape index (κ3) is 5.09. The number of nitriles is 1. The van der Waals surface area contributed by atoms with Crippen LogP contribution >= 0.6 is 11.6 Å². The van der Waals surface area contributed by atoms with Crippen LogP contribution in [0.25, 0.3) is 22.0 Å². The third-order valence-corrected chi connectivity index (χ3v) is 6.17. The number of aryl methyl sites for hydroxylation is 1. The van der Waals surface area contributed by atoms with Crippen LogP contribution in [0.5, 0.6) is 0 Å². The SMILES string of the molecule is Cn1nc(NS(C)(=O)=O)c2c(Cl)ccc(-c3cc(C#N)cnc3C(N)Cc3cc(F)cc(F)c3)c21. The number of pyridine rings is 1. The summed E-state index contributed by atoms with van der Waals surface area (Å²) >= 11 is 6.41. The summed E-state index contributed by atoms with van der Waals surface area (Å²) < 4.78 is 54.9. The van der Waals surface area contributed by atoms with Crippen LogP contribution in [0.2, 0.25) is 5.02 Å². The molecule has 2 aromatic heterocycles. The van der Waals surface area contributed by atoms with E-state index in [0.29, 0.717) is 33.3 Å². The van der Waals surface area contributed by atoms with Gasteiger partial charge in [-0.25, -0.2) is 17.2 Å². The maximum Gasteiger partial charge on any atom is 0.231 e. The van der Waals surface area contributed by atoms with Crippen molar-refractivity contribution in [1.82, 2.24) is 14.8 Å². The second kappa shape index (κ2) is 9.22. The van der Waals surface area contributed by atoms with E-state index in [1.54, 1.807) is 25.2 Å². The molecule has 0 saturated carbocycles. The Morgan fingerprint density at radius 3 is 2.51 bits per heavy atom. The van der Waals surface area contributed by atoms with Gasteiger partial charge in [0, 0.05) is 30.4 Å². The van der Waals surface area contributed by atoms with E-state index in [9.17, 15) is 22.5 Å². The zero-order valence-electron chi connectivity index (χ0n) is 18.6. The number of fused-ring (bicyclic) bond motifs is 1. The highest BCUT2D eigenvalue weighted by molar-refractivity contribution is 7.92. The predicted molar refractivity (Wildman–Crippen MR) is 129 cm³/mol. The topological polar surface area (TPSA) is 127 Å². The minimum atomic E-state index is -3.64. The Morgan fingerprint density at radius 2 is 1.89 bits per heavy atom. The van der Waals surface area contributed by atoms with E-state index < -0.39 is 27.7 Å². The lowest BCUT2D eigenvalue weighted by Crippen LogP contribution is -2.17.